The van der Waals surface area contributed by atoms with Crippen LogP contribution < -0.4 is 9.47 Å². The van der Waals surface area contributed by atoms with E-state index in [1.54, 1.807) is 18.2 Å². The first-order chi connectivity index (χ1) is 12.5. The summed E-state index contributed by atoms with van der Waals surface area (Å²) in [7, 11) is 0. The van der Waals surface area contributed by atoms with Gasteiger partial charge in [-0.1, -0.05) is 36.9 Å². The molecule has 0 radical (unpaired) electrons. The fourth-order valence-corrected chi connectivity index (χ4v) is 3.98. The fourth-order valence-electron chi connectivity index (χ4n) is 3.80. The van der Waals surface area contributed by atoms with E-state index in [1.807, 2.05) is 0 Å². The number of allylic oxidation sites excluding steroid dienone is 2. The molecule has 4 rings (SSSR count). The molecule has 0 N–H and O–H groups in total. The number of esters is 2. The Morgan fingerprint density at radius 1 is 0.962 bits per heavy atom. The molecule has 0 fully saturated rings. The number of fused-ring (bicyclic) bond motifs is 6. The molecular formula is C21H15ClO4. The Hall–Kier alpha value is -2.85. The second kappa shape index (κ2) is 6.15. The van der Waals surface area contributed by atoms with Gasteiger partial charge in [0.15, 0.2) is 0 Å². The van der Waals surface area contributed by atoms with Crippen molar-refractivity contribution in [3.8, 4) is 11.5 Å². The quantitative estimate of drug-likeness (QED) is 0.337. The van der Waals surface area contributed by atoms with Crippen molar-refractivity contribution in [1.29, 1.82) is 0 Å². The number of benzene rings is 2. The molecule has 2 aromatic carbocycles. The number of hydrogen-bond acceptors (Lipinski definition) is 4. The Bertz CT molecular complexity index is 1020. The first-order valence-corrected chi connectivity index (χ1v) is 8.57. The van der Waals surface area contributed by atoms with Crippen LogP contribution in [-0.2, 0) is 9.59 Å². The lowest BCUT2D eigenvalue weighted by atomic mass is 9.90. The molecule has 0 spiro atoms. The third kappa shape index (κ3) is 2.45. The molecule has 130 valence electrons. The van der Waals surface area contributed by atoms with Crippen LogP contribution in [0.3, 0.4) is 0 Å². The smallest absolute Gasteiger partial charge is 0.335 e. The molecule has 0 amide bonds. The van der Waals surface area contributed by atoms with Gasteiger partial charge in [0, 0.05) is 50.9 Å². The number of carbonyl (C=O) groups excluding carboxylic acids is 2. The molecular weight excluding hydrogens is 352 g/mol. The summed E-state index contributed by atoms with van der Waals surface area (Å²) in [4.78, 5) is 23.9. The first-order valence-electron chi connectivity index (χ1n) is 8.19. The maximum Gasteiger partial charge on any atom is 0.335 e. The molecule has 26 heavy (non-hydrogen) atoms. The Morgan fingerprint density at radius 3 is 2.04 bits per heavy atom. The first kappa shape index (κ1) is 16.6. The van der Waals surface area contributed by atoms with Gasteiger partial charge in [-0.15, -0.1) is 0 Å². The highest BCUT2D eigenvalue weighted by Gasteiger charge is 2.40. The summed E-state index contributed by atoms with van der Waals surface area (Å²) in [6, 6.07) is 5.19. The van der Waals surface area contributed by atoms with Gasteiger partial charge in [0.2, 0.25) is 0 Å². The lowest BCUT2D eigenvalue weighted by Crippen LogP contribution is -2.11. The van der Waals surface area contributed by atoms with Crippen LogP contribution in [-0.4, -0.2) is 11.9 Å². The lowest BCUT2D eigenvalue weighted by Gasteiger charge is -2.21. The molecule has 2 unspecified atom stereocenters. The predicted molar refractivity (Wildman–Crippen MR) is 99.9 cm³/mol. The standard InChI is InChI=1S/C21H15ClO4/c1-3-16(23)25-20-14-8-7-13(22)10-15(14)21(26-17(24)4-2)19-12-6-5-11(9-12)18(19)20/h3-8,10-12H,1-2,9H2. The molecule has 2 bridgehead atoms. The van der Waals surface area contributed by atoms with E-state index in [9.17, 15) is 9.59 Å². The van der Waals surface area contributed by atoms with Gasteiger partial charge < -0.3 is 9.47 Å². The molecule has 0 saturated carbocycles. The van der Waals surface area contributed by atoms with Crippen LogP contribution in [0.5, 0.6) is 11.5 Å². The fraction of sp³-hybridized carbons (Fsp3) is 0.143. The van der Waals surface area contributed by atoms with Crippen LogP contribution in [0.2, 0.25) is 5.02 Å². The van der Waals surface area contributed by atoms with Crippen molar-refractivity contribution in [2.45, 2.75) is 18.3 Å². The monoisotopic (exact) mass is 366 g/mol. The Balaban J connectivity index is 2.06. The van der Waals surface area contributed by atoms with E-state index < -0.39 is 11.9 Å². The Morgan fingerprint density at radius 2 is 1.50 bits per heavy atom. The summed E-state index contributed by atoms with van der Waals surface area (Å²) >= 11 is 6.18. The minimum Gasteiger partial charge on any atom is -0.422 e. The third-order valence-electron chi connectivity index (χ3n) is 4.81. The summed E-state index contributed by atoms with van der Waals surface area (Å²) in [6.45, 7) is 6.94. The van der Waals surface area contributed by atoms with Crippen LogP contribution in [0.1, 0.15) is 29.4 Å². The summed E-state index contributed by atoms with van der Waals surface area (Å²) in [5.41, 5.74) is 1.75. The van der Waals surface area contributed by atoms with Gasteiger partial charge in [-0.25, -0.2) is 9.59 Å². The number of ether oxygens (including phenoxy) is 2. The topological polar surface area (TPSA) is 52.6 Å². The molecule has 2 aliphatic carbocycles. The van der Waals surface area contributed by atoms with Gasteiger partial charge in [-0.05, 0) is 24.6 Å². The molecule has 2 atom stereocenters. The average molecular weight is 367 g/mol. The third-order valence-corrected chi connectivity index (χ3v) is 5.05. The van der Waals surface area contributed by atoms with Crippen molar-refractivity contribution < 1.29 is 19.1 Å². The number of carbonyl (C=O) groups is 2. The van der Waals surface area contributed by atoms with E-state index >= 15 is 0 Å². The van der Waals surface area contributed by atoms with Crippen LogP contribution in [0, 0.1) is 0 Å². The predicted octanol–water partition coefficient (Wildman–Crippen LogP) is 4.82. The maximum atomic E-state index is 11.9. The zero-order valence-electron chi connectivity index (χ0n) is 13.8. The van der Waals surface area contributed by atoms with E-state index in [-0.39, 0.29) is 11.8 Å². The highest BCUT2D eigenvalue weighted by Crippen LogP contribution is 2.58. The van der Waals surface area contributed by atoms with Crippen LogP contribution in [0.4, 0.5) is 0 Å². The summed E-state index contributed by atoms with van der Waals surface area (Å²) in [6.07, 6.45) is 7.30. The van der Waals surface area contributed by atoms with Crippen molar-refractivity contribution in [1.82, 2.24) is 0 Å². The highest BCUT2D eigenvalue weighted by molar-refractivity contribution is 6.31. The van der Waals surface area contributed by atoms with E-state index in [1.165, 1.54) is 0 Å². The van der Waals surface area contributed by atoms with Crippen molar-refractivity contribution in [3.63, 3.8) is 0 Å². The zero-order chi connectivity index (χ0) is 18.4. The van der Waals surface area contributed by atoms with Gasteiger partial charge in [-0.2, -0.15) is 0 Å². The molecule has 4 nitrogen and oxygen atoms in total. The van der Waals surface area contributed by atoms with Crippen LogP contribution in [0.15, 0.2) is 55.7 Å². The lowest BCUT2D eigenvalue weighted by molar-refractivity contribution is -0.130. The van der Waals surface area contributed by atoms with Gasteiger partial charge >= 0.3 is 11.9 Å². The minimum atomic E-state index is -0.545. The Kier molecular flexibility index (Phi) is 3.93. The maximum absolute atomic E-state index is 11.9. The molecule has 5 heteroatoms. The molecule has 0 saturated heterocycles. The second-order valence-electron chi connectivity index (χ2n) is 6.26. The van der Waals surface area contributed by atoms with Gasteiger partial charge in [-0.3, -0.25) is 0 Å². The number of hydrogen-bond donors (Lipinski definition) is 0. The molecule has 2 aliphatic rings. The van der Waals surface area contributed by atoms with Gasteiger partial charge in [0.05, 0.1) is 0 Å². The average Bonchev–Trinajstić information content (AvgIpc) is 3.25. The van der Waals surface area contributed by atoms with Crippen LogP contribution >= 0.6 is 11.6 Å². The van der Waals surface area contributed by atoms with Crippen molar-refractivity contribution in [3.05, 3.63) is 71.8 Å². The minimum absolute atomic E-state index is 0.104. The van der Waals surface area contributed by atoms with Crippen LogP contribution in [0.25, 0.3) is 10.8 Å². The molecule has 0 aliphatic heterocycles. The van der Waals surface area contributed by atoms with Crippen molar-refractivity contribution in [2.75, 3.05) is 0 Å². The summed E-state index contributed by atoms with van der Waals surface area (Å²) in [5, 5.41) is 1.78. The summed E-state index contributed by atoms with van der Waals surface area (Å²) < 4.78 is 11.2. The largest absolute Gasteiger partial charge is 0.422 e. The van der Waals surface area contributed by atoms with Gasteiger partial charge in [0.1, 0.15) is 11.5 Å². The van der Waals surface area contributed by atoms with Crippen molar-refractivity contribution >= 4 is 34.3 Å². The van der Waals surface area contributed by atoms with E-state index in [0.717, 1.165) is 29.7 Å². The van der Waals surface area contributed by atoms with E-state index in [0.29, 0.717) is 27.3 Å². The van der Waals surface area contributed by atoms with E-state index in [2.05, 4.69) is 25.3 Å². The number of halogens is 1. The number of rotatable bonds is 4. The highest BCUT2D eigenvalue weighted by atomic mass is 35.5. The van der Waals surface area contributed by atoms with Crippen molar-refractivity contribution in [2.24, 2.45) is 0 Å². The zero-order valence-corrected chi connectivity index (χ0v) is 14.6. The summed E-state index contributed by atoms with van der Waals surface area (Å²) in [5.74, 6) is 0.0719. The Labute approximate surface area is 155 Å². The SMILES string of the molecule is C=CC(=O)Oc1c2c(c(OC(=O)C=C)c3cc(Cl)ccc13)C1C=CC2C1. The van der Waals surface area contributed by atoms with Gasteiger partial charge in [0.25, 0.3) is 0 Å². The normalized spacial score (nSPS) is 19.3. The molecule has 2 aromatic rings. The molecule has 0 aromatic heterocycles. The second-order valence-corrected chi connectivity index (χ2v) is 6.70. The van der Waals surface area contributed by atoms with E-state index in [4.69, 9.17) is 21.1 Å². The molecule has 0 heterocycles.